The second-order valence-electron chi connectivity index (χ2n) is 6.83. The number of hydrogen-bond donors (Lipinski definition) is 1. The molecule has 9 nitrogen and oxygen atoms in total. The van der Waals surface area contributed by atoms with Crippen LogP contribution in [0, 0.1) is 30.9 Å². The van der Waals surface area contributed by atoms with E-state index >= 15 is 0 Å². The largest absolute Gasteiger partial charge is 0.312 e. The molecule has 0 saturated carbocycles. The second-order valence-corrected chi connectivity index (χ2v) is 7.64. The highest BCUT2D eigenvalue weighted by Gasteiger charge is 2.22. The van der Waals surface area contributed by atoms with Crippen LogP contribution in [0.2, 0.25) is 10.0 Å². The predicted octanol–water partition coefficient (Wildman–Crippen LogP) is 4.30. The molecule has 0 saturated heterocycles. The van der Waals surface area contributed by atoms with Crippen LogP contribution in [-0.4, -0.2) is 30.4 Å². The van der Waals surface area contributed by atoms with Gasteiger partial charge >= 0.3 is 5.69 Å². The minimum absolute atomic E-state index is 0.0250. The lowest BCUT2D eigenvalue weighted by Crippen LogP contribution is -2.16. The van der Waals surface area contributed by atoms with Crippen LogP contribution >= 0.6 is 23.2 Å². The number of anilines is 1. The Kier molecular flexibility index (Phi) is 6.42. The zero-order valence-corrected chi connectivity index (χ0v) is 18.2. The van der Waals surface area contributed by atoms with Crippen molar-refractivity contribution in [1.29, 1.82) is 0 Å². The Morgan fingerprint density at radius 2 is 1.83 bits per heavy atom. The highest BCUT2D eigenvalue weighted by molar-refractivity contribution is 6.35. The van der Waals surface area contributed by atoms with Crippen molar-refractivity contribution in [3.05, 3.63) is 67.1 Å². The van der Waals surface area contributed by atoms with Gasteiger partial charge < -0.3 is 5.32 Å². The first kappa shape index (κ1) is 21.8. The van der Waals surface area contributed by atoms with Crippen molar-refractivity contribution in [1.82, 2.24) is 19.6 Å². The summed E-state index contributed by atoms with van der Waals surface area (Å²) in [6.07, 6.45) is 0.0986. The number of nitrogens with one attached hydrogen (secondary N) is 1. The molecule has 11 heteroatoms. The summed E-state index contributed by atoms with van der Waals surface area (Å²) in [5.74, 6) is 0.130. The van der Waals surface area contributed by atoms with Crippen LogP contribution in [0.5, 0.6) is 0 Å². The number of halogens is 2. The highest BCUT2D eigenvalue weighted by atomic mass is 35.5. The maximum Gasteiger partial charge on any atom is 0.312 e. The standard InChI is InChI=1S/C19H20Cl2N6O3/c1-11-9-17(24-26(11)10-14-15(20)5-4-6-16(14)21)22-18(28)7-8-25-13(3)19(27(29)30)12(2)23-25/h4-6,9H,7-8,10H2,1-3H3,(H,22,24,28). The average molecular weight is 451 g/mol. The van der Waals surface area contributed by atoms with Crippen LogP contribution in [-0.2, 0) is 17.9 Å². The fourth-order valence-corrected chi connectivity index (χ4v) is 3.66. The maximum absolute atomic E-state index is 12.3. The molecule has 0 fully saturated rings. The van der Waals surface area contributed by atoms with Crippen molar-refractivity contribution < 1.29 is 9.72 Å². The molecule has 0 radical (unpaired) electrons. The zero-order valence-electron chi connectivity index (χ0n) is 16.6. The molecule has 0 unspecified atom stereocenters. The number of hydrogen-bond acceptors (Lipinski definition) is 5. The Balaban J connectivity index is 1.65. The number of nitro groups is 1. The molecule has 2 aromatic heterocycles. The number of rotatable bonds is 7. The fraction of sp³-hybridized carbons (Fsp3) is 0.316. The summed E-state index contributed by atoms with van der Waals surface area (Å²) in [5.41, 5.74) is 2.29. The molecule has 1 amide bonds. The molecule has 2 heterocycles. The van der Waals surface area contributed by atoms with Crippen molar-refractivity contribution in [3.8, 4) is 0 Å². The molecular weight excluding hydrogens is 431 g/mol. The lowest BCUT2D eigenvalue weighted by Gasteiger charge is -2.08. The van der Waals surface area contributed by atoms with Crippen molar-refractivity contribution in [2.75, 3.05) is 5.32 Å². The van der Waals surface area contributed by atoms with Crippen LogP contribution in [0.15, 0.2) is 24.3 Å². The van der Waals surface area contributed by atoms with E-state index in [1.807, 2.05) is 6.92 Å². The summed E-state index contributed by atoms with van der Waals surface area (Å²) in [5, 5.41) is 23.5. The lowest BCUT2D eigenvalue weighted by atomic mass is 10.2. The van der Waals surface area contributed by atoms with Gasteiger partial charge in [-0.3, -0.25) is 24.3 Å². The van der Waals surface area contributed by atoms with Gasteiger partial charge in [-0.05, 0) is 32.9 Å². The van der Waals surface area contributed by atoms with Gasteiger partial charge in [0.05, 0.1) is 18.0 Å². The number of carbonyl (C=O) groups is 1. The summed E-state index contributed by atoms with van der Waals surface area (Å²) >= 11 is 12.4. The average Bonchev–Trinajstić information content (AvgIpc) is 3.14. The molecule has 0 aliphatic rings. The lowest BCUT2D eigenvalue weighted by molar-refractivity contribution is -0.386. The third kappa shape index (κ3) is 4.63. The Morgan fingerprint density at radius 1 is 1.17 bits per heavy atom. The molecular formula is C19H20Cl2N6O3. The Labute approximate surface area is 182 Å². The number of nitrogens with zero attached hydrogens (tertiary/aromatic N) is 5. The van der Waals surface area contributed by atoms with E-state index < -0.39 is 4.92 Å². The van der Waals surface area contributed by atoms with E-state index in [4.69, 9.17) is 23.2 Å². The molecule has 1 aromatic carbocycles. The molecule has 0 aliphatic carbocycles. The molecule has 3 aromatic rings. The van der Waals surface area contributed by atoms with E-state index in [-0.39, 0.29) is 24.6 Å². The van der Waals surface area contributed by atoms with E-state index in [2.05, 4.69) is 15.5 Å². The van der Waals surface area contributed by atoms with Gasteiger partial charge in [0, 0.05) is 33.8 Å². The van der Waals surface area contributed by atoms with Gasteiger partial charge in [-0.1, -0.05) is 29.3 Å². The minimum atomic E-state index is -0.463. The number of carbonyl (C=O) groups excluding carboxylic acids is 1. The van der Waals surface area contributed by atoms with Crippen molar-refractivity contribution in [2.45, 2.75) is 40.3 Å². The quantitative estimate of drug-likeness (QED) is 0.426. The van der Waals surface area contributed by atoms with Crippen LogP contribution in [0.4, 0.5) is 11.5 Å². The van der Waals surface area contributed by atoms with Crippen LogP contribution in [0.1, 0.15) is 29.1 Å². The normalized spacial score (nSPS) is 11.0. The van der Waals surface area contributed by atoms with E-state index in [0.717, 1.165) is 11.3 Å². The number of amides is 1. The third-order valence-corrected chi connectivity index (χ3v) is 5.40. The van der Waals surface area contributed by atoms with Crippen LogP contribution < -0.4 is 5.32 Å². The summed E-state index contributed by atoms with van der Waals surface area (Å²) in [4.78, 5) is 23.0. The molecule has 0 bridgehead atoms. The van der Waals surface area contributed by atoms with E-state index in [1.165, 1.54) is 4.68 Å². The van der Waals surface area contributed by atoms with Gasteiger partial charge in [0.2, 0.25) is 5.91 Å². The molecule has 0 spiro atoms. The van der Waals surface area contributed by atoms with Crippen LogP contribution in [0.3, 0.4) is 0 Å². The Bertz CT molecular complexity index is 1100. The Morgan fingerprint density at radius 3 is 2.43 bits per heavy atom. The van der Waals surface area contributed by atoms with Gasteiger partial charge in [0.1, 0.15) is 11.4 Å². The summed E-state index contributed by atoms with van der Waals surface area (Å²) in [7, 11) is 0. The van der Waals surface area contributed by atoms with Crippen molar-refractivity contribution in [3.63, 3.8) is 0 Å². The minimum Gasteiger partial charge on any atom is -0.309 e. The molecule has 3 rings (SSSR count). The topological polar surface area (TPSA) is 108 Å². The molecule has 0 atom stereocenters. The SMILES string of the molecule is Cc1nn(CCC(=O)Nc2cc(C)n(Cc3c(Cl)cccc3Cl)n2)c(C)c1[N+](=O)[O-]. The van der Waals surface area contributed by atoms with Gasteiger partial charge in [0.25, 0.3) is 0 Å². The zero-order chi connectivity index (χ0) is 22.0. The van der Waals surface area contributed by atoms with Crippen molar-refractivity contribution >= 4 is 40.6 Å². The number of benzene rings is 1. The number of aromatic nitrogens is 4. The smallest absolute Gasteiger partial charge is 0.309 e. The van der Waals surface area contributed by atoms with Crippen molar-refractivity contribution in [2.24, 2.45) is 0 Å². The highest BCUT2D eigenvalue weighted by Crippen LogP contribution is 2.26. The molecule has 30 heavy (non-hydrogen) atoms. The third-order valence-electron chi connectivity index (χ3n) is 4.69. The van der Waals surface area contributed by atoms with Gasteiger partial charge in [-0.25, -0.2) is 0 Å². The monoisotopic (exact) mass is 450 g/mol. The molecule has 158 valence electrons. The second kappa shape index (κ2) is 8.85. The van der Waals surface area contributed by atoms with Gasteiger partial charge in [-0.2, -0.15) is 10.2 Å². The number of aryl methyl sites for hydroxylation is 3. The summed E-state index contributed by atoms with van der Waals surface area (Å²) in [6, 6.07) is 7.03. The first-order chi connectivity index (χ1) is 14.2. The van der Waals surface area contributed by atoms with Gasteiger partial charge in [0.15, 0.2) is 5.82 Å². The van der Waals surface area contributed by atoms with Crippen LogP contribution in [0.25, 0.3) is 0 Å². The molecule has 0 aliphatic heterocycles. The van der Waals surface area contributed by atoms with Gasteiger partial charge in [-0.15, -0.1) is 0 Å². The van der Waals surface area contributed by atoms with E-state index in [9.17, 15) is 14.9 Å². The first-order valence-corrected chi connectivity index (χ1v) is 9.88. The maximum atomic E-state index is 12.3. The Hall–Kier alpha value is -2.91. The van der Waals surface area contributed by atoms with E-state index in [1.54, 1.807) is 42.8 Å². The first-order valence-electron chi connectivity index (χ1n) is 9.13. The summed E-state index contributed by atoms with van der Waals surface area (Å²) in [6.45, 7) is 5.64. The summed E-state index contributed by atoms with van der Waals surface area (Å²) < 4.78 is 3.17. The predicted molar refractivity (Wildman–Crippen MR) is 114 cm³/mol. The fourth-order valence-electron chi connectivity index (χ4n) is 3.15. The molecule has 1 N–H and O–H groups in total. The van der Waals surface area contributed by atoms with E-state index in [0.29, 0.717) is 33.8 Å².